The second-order valence-corrected chi connectivity index (χ2v) is 7.03. The quantitative estimate of drug-likeness (QED) is 0.445. The molecule has 0 bridgehead atoms. The summed E-state index contributed by atoms with van der Waals surface area (Å²) in [4.78, 5) is 12.2. The van der Waals surface area contributed by atoms with E-state index in [1.165, 1.54) is 24.5 Å². The van der Waals surface area contributed by atoms with Crippen molar-refractivity contribution in [3.63, 3.8) is 0 Å². The van der Waals surface area contributed by atoms with Crippen LogP contribution in [0.2, 0.25) is 0 Å². The van der Waals surface area contributed by atoms with E-state index in [4.69, 9.17) is 4.74 Å². The molecular weight excluding hydrogens is 365 g/mol. The maximum absolute atomic E-state index is 14.4. The molecule has 0 fully saturated rings. The fourth-order valence-corrected chi connectivity index (χ4v) is 2.99. The zero-order valence-corrected chi connectivity index (χ0v) is 16.7. The van der Waals surface area contributed by atoms with E-state index in [1.54, 1.807) is 12.1 Å². The summed E-state index contributed by atoms with van der Waals surface area (Å²) in [7, 11) is 0. The Kier molecular flexibility index (Phi) is 7.40. The molecule has 0 radical (unpaired) electrons. The minimum atomic E-state index is -0.540. The maximum Gasteiger partial charge on any atom is 0.338 e. The molecule has 0 spiro atoms. The molecule has 3 rings (SSSR count). The Balaban J connectivity index is 1.54. The van der Waals surface area contributed by atoms with Crippen LogP contribution in [-0.4, -0.2) is 5.97 Å². The standard InChI is InChI=1S/C25H26FNO2/c1-2-3-7-19-10-12-20(13-11-19)17-27-24-15-14-22(16-23(24)26)25(28)29-18-21-8-5-4-6-9-21/h4-6,8-16,27H,2-3,7,17-18H2,1H3. The van der Waals surface area contributed by atoms with Crippen molar-refractivity contribution in [3.8, 4) is 0 Å². The van der Waals surface area contributed by atoms with Gasteiger partial charge < -0.3 is 10.1 Å². The van der Waals surface area contributed by atoms with Crippen LogP contribution < -0.4 is 5.32 Å². The number of nitrogens with one attached hydrogen (secondary N) is 1. The van der Waals surface area contributed by atoms with Crippen LogP contribution in [0.5, 0.6) is 0 Å². The highest BCUT2D eigenvalue weighted by molar-refractivity contribution is 5.89. The van der Waals surface area contributed by atoms with Crippen molar-refractivity contribution in [2.75, 3.05) is 5.32 Å². The summed E-state index contributed by atoms with van der Waals surface area (Å²) < 4.78 is 19.7. The van der Waals surface area contributed by atoms with Crippen molar-refractivity contribution in [2.45, 2.75) is 39.3 Å². The highest BCUT2D eigenvalue weighted by atomic mass is 19.1. The summed E-state index contributed by atoms with van der Waals surface area (Å²) in [5.74, 6) is -1.01. The minimum absolute atomic E-state index is 0.162. The molecule has 3 aromatic carbocycles. The summed E-state index contributed by atoms with van der Waals surface area (Å²) in [6, 6.07) is 22.1. The van der Waals surface area contributed by atoms with Crippen LogP contribution in [0.4, 0.5) is 10.1 Å². The highest BCUT2D eigenvalue weighted by Crippen LogP contribution is 2.18. The molecule has 0 aliphatic heterocycles. The average molecular weight is 391 g/mol. The van der Waals surface area contributed by atoms with Crippen LogP contribution in [0.3, 0.4) is 0 Å². The van der Waals surface area contributed by atoms with Crippen molar-refractivity contribution in [2.24, 2.45) is 0 Å². The number of carbonyl (C=O) groups excluding carboxylic acids is 1. The van der Waals surface area contributed by atoms with Crippen LogP contribution in [-0.2, 0) is 24.3 Å². The van der Waals surface area contributed by atoms with Gasteiger partial charge in [0.2, 0.25) is 0 Å². The number of hydrogen-bond donors (Lipinski definition) is 1. The third-order valence-corrected chi connectivity index (χ3v) is 4.74. The first-order valence-corrected chi connectivity index (χ1v) is 9.98. The SMILES string of the molecule is CCCCc1ccc(CNc2ccc(C(=O)OCc3ccccc3)cc2F)cc1. The van der Waals surface area contributed by atoms with Crippen LogP contribution >= 0.6 is 0 Å². The summed E-state index contributed by atoms with van der Waals surface area (Å²) >= 11 is 0. The van der Waals surface area contributed by atoms with Gasteiger partial charge in [0.05, 0.1) is 11.3 Å². The predicted octanol–water partition coefficient (Wildman–Crippen LogP) is 6.14. The predicted molar refractivity (Wildman–Crippen MR) is 114 cm³/mol. The minimum Gasteiger partial charge on any atom is -0.457 e. The highest BCUT2D eigenvalue weighted by Gasteiger charge is 2.11. The third kappa shape index (κ3) is 6.18. The Labute approximate surface area is 171 Å². The number of unbranched alkanes of at least 4 members (excludes halogenated alkanes) is 1. The summed E-state index contributed by atoms with van der Waals surface area (Å²) in [5.41, 5.74) is 3.85. The number of hydrogen-bond acceptors (Lipinski definition) is 3. The Hall–Kier alpha value is -3.14. The van der Waals surface area contributed by atoms with Gasteiger partial charge in [-0.25, -0.2) is 9.18 Å². The molecular formula is C25H26FNO2. The topological polar surface area (TPSA) is 38.3 Å². The average Bonchev–Trinajstić information content (AvgIpc) is 2.76. The molecule has 0 aromatic heterocycles. The smallest absolute Gasteiger partial charge is 0.338 e. The van der Waals surface area contributed by atoms with Gasteiger partial charge in [-0.15, -0.1) is 0 Å². The molecule has 0 heterocycles. The molecule has 150 valence electrons. The van der Waals surface area contributed by atoms with Gasteiger partial charge in [0.15, 0.2) is 0 Å². The fourth-order valence-electron chi connectivity index (χ4n) is 2.99. The van der Waals surface area contributed by atoms with E-state index < -0.39 is 11.8 Å². The van der Waals surface area contributed by atoms with E-state index in [-0.39, 0.29) is 12.2 Å². The number of halogens is 1. The normalized spacial score (nSPS) is 10.6. The van der Waals surface area contributed by atoms with E-state index in [2.05, 4.69) is 36.5 Å². The van der Waals surface area contributed by atoms with Gasteiger partial charge in [0, 0.05) is 6.54 Å². The Morgan fingerprint density at radius 3 is 2.34 bits per heavy atom. The van der Waals surface area contributed by atoms with E-state index in [0.717, 1.165) is 17.5 Å². The lowest BCUT2D eigenvalue weighted by Crippen LogP contribution is -2.07. The van der Waals surface area contributed by atoms with Gasteiger partial charge in [0.1, 0.15) is 12.4 Å². The molecule has 3 aromatic rings. The first kappa shape index (κ1) is 20.6. The second kappa shape index (κ2) is 10.4. The number of anilines is 1. The summed E-state index contributed by atoms with van der Waals surface area (Å²) in [6.45, 7) is 2.86. The lowest BCUT2D eigenvalue weighted by molar-refractivity contribution is 0.0472. The van der Waals surface area contributed by atoms with Gasteiger partial charge in [0.25, 0.3) is 0 Å². The van der Waals surface area contributed by atoms with E-state index >= 15 is 0 Å². The maximum atomic E-state index is 14.4. The molecule has 1 N–H and O–H groups in total. The number of benzene rings is 3. The van der Waals surface area contributed by atoms with Gasteiger partial charge >= 0.3 is 5.97 Å². The molecule has 0 aliphatic carbocycles. The second-order valence-electron chi connectivity index (χ2n) is 7.03. The molecule has 0 atom stereocenters. The van der Waals surface area contributed by atoms with Gasteiger partial charge in [-0.3, -0.25) is 0 Å². The number of aryl methyl sites for hydroxylation is 1. The summed E-state index contributed by atoms with van der Waals surface area (Å²) in [5, 5.41) is 3.09. The van der Waals surface area contributed by atoms with E-state index in [0.29, 0.717) is 12.2 Å². The third-order valence-electron chi connectivity index (χ3n) is 4.74. The van der Waals surface area contributed by atoms with Crippen molar-refractivity contribution in [1.29, 1.82) is 0 Å². The zero-order chi connectivity index (χ0) is 20.5. The molecule has 4 heteroatoms. The lowest BCUT2D eigenvalue weighted by Gasteiger charge is -2.10. The molecule has 0 unspecified atom stereocenters. The number of rotatable bonds is 9. The molecule has 0 amide bonds. The Morgan fingerprint density at radius 2 is 1.66 bits per heavy atom. The van der Waals surface area contributed by atoms with E-state index in [1.807, 2.05) is 30.3 Å². The van der Waals surface area contributed by atoms with Gasteiger partial charge in [-0.1, -0.05) is 67.9 Å². The molecule has 0 saturated heterocycles. The number of esters is 1. The monoisotopic (exact) mass is 391 g/mol. The van der Waals surface area contributed by atoms with Crippen molar-refractivity contribution >= 4 is 11.7 Å². The van der Waals surface area contributed by atoms with Gasteiger partial charge in [-0.2, -0.15) is 0 Å². The van der Waals surface area contributed by atoms with Gasteiger partial charge in [-0.05, 0) is 47.7 Å². The van der Waals surface area contributed by atoms with Crippen molar-refractivity contribution in [1.82, 2.24) is 0 Å². The van der Waals surface area contributed by atoms with E-state index in [9.17, 15) is 9.18 Å². The zero-order valence-electron chi connectivity index (χ0n) is 16.7. The number of ether oxygens (including phenoxy) is 1. The largest absolute Gasteiger partial charge is 0.457 e. The molecule has 0 saturated carbocycles. The fraction of sp³-hybridized carbons (Fsp3) is 0.240. The first-order chi connectivity index (χ1) is 14.2. The Bertz CT molecular complexity index is 923. The molecule has 3 nitrogen and oxygen atoms in total. The van der Waals surface area contributed by atoms with Crippen LogP contribution in [0.1, 0.15) is 46.8 Å². The van der Waals surface area contributed by atoms with Crippen LogP contribution in [0.25, 0.3) is 0 Å². The van der Waals surface area contributed by atoms with Crippen LogP contribution in [0, 0.1) is 5.82 Å². The summed E-state index contributed by atoms with van der Waals surface area (Å²) in [6.07, 6.45) is 3.45. The van der Waals surface area contributed by atoms with Crippen molar-refractivity contribution in [3.05, 3.63) is 101 Å². The lowest BCUT2D eigenvalue weighted by atomic mass is 10.1. The molecule has 29 heavy (non-hydrogen) atoms. The van der Waals surface area contributed by atoms with Crippen molar-refractivity contribution < 1.29 is 13.9 Å². The number of carbonyl (C=O) groups is 1. The molecule has 0 aliphatic rings. The van der Waals surface area contributed by atoms with Crippen LogP contribution in [0.15, 0.2) is 72.8 Å². The first-order valence-electron chi connectivity index (χ1n) is 9.98. The Morgan fingerprint density at radius 1 is 0.931 bits per heavy atom.